The van der Waals surface area contributed by atoms with Crippen LogP contribution in [0.1, 0.15) is 18.4 Å². The van der Waals surface area contributed by atoms with Crippen LogP contribution in [0, 0.1) is 0 Å². The van der Waals surface area contributed by atoms with Crippen LogP contribution in [0.5, 0.6) is 0 Å². The van der Waals surface area contributed by atoms with Gasteiger partial charge >= 0.3 is 0 Å². The standard InChI is InChI=1S/C15H20ClN3O2/c1-17-15(21)13-6-3-7-19(13)10-14(20)18-9-11-4-2-5-12(16)8-11/h2,4-5,8,13H,3,6-7,9-10H2,1H3,(H,17,21)(H,18,20). The second-order valence-corrected chi connectivity index (χ2v) is 5.59. The van der Waals surface area contributed by atoms with Crippen molar-refractivity contribution in [3.05, 3.63) is 34.9 Å². The smallest absolute Gasteiger partial charge is 0.237 e. The van der Waals surface area contributed by atoms with Crippen LogP contribution in [0.25, 0.3) is 0 Å². The maximum absolute atomic E-state index is 12.0. The predicted octanol–water partition coefficient (Wildman–Crippen LogP) is 1.17. The van der Waals surface area contributed by atoms with E-state index in [1.54, 1.807) is 13.1 Å². The minimum Gasteiger partial charge on any atom is -0.358 e. The van der Waals surface area contributed by atoms with Gasteiger partial charge in [0.05, 0.1) is 12.6 Å². The Morgan fingerprint density at radius 3 is 2.95 bits per heavy atom. The van der Waals surface area contributed by atoms with Gasteiger partial charge in [0.15, 0.2) is 0 Å². The molecule has 1 aromatic carbocycles. The highest BCUT2D eigenvalue weighted by atomic mass is 35.5. The minimum absolute atomic E-state index is 0.0184. The minimum atomic E-state index is -0.188. The van der Waals surface area contributed by atoms with E-state index < -0.39 is 0 Å². The van der Waals surface area contributed by atoms with E-state index in [9.17, 15) is 9.59 Å². The number of nitrogens with zero attached hydrogens (tertiary/aromatic N) is 1. The van der Waals surface area contributed by atoms with Crippen molar-refractivity contribution in [2.45, 2.75) is 25.4 Å². The zero-order chi connectivity index (χ0) is 15.2. The number of hydrogen-bond acceptors (Lipinski definition) is 3. The van der Waals surface area contributed by atoms with Crippen LogP contribution in [0.3, 0.4) is 0 Å². The Morgan fingerprint density at radius 1 is 1.43 bits per heavy atom. The fourth-order valence-electron chi connectivity index (χ4n) is 2.57. The zero-order valence-electron chi connectivity index (χ0n) is 12.1. The van der Waals surface area contributed by atoms with Crippen molar-refractivity contribution in [2.24, 2.45) is 0 Å². The summed E-state index contributed by atoms with van der Waals surface area (Å²) in [6.45, 7) is 1.47. The molecule has 2 amide bonds. The summed E-state index contributed by atoms with van der Waals surface area (Å²) in [5.41, 5.74) is 0.958. The van der Waals surface area contributed by atoms with Crippen LogP contribution in [0.2, 0.25) is 5.02 Å². The number of rotatable bonds is 5. The van der Waals surface area contributed by atoms with Gasteiger partial charge in [0, 0.05) is 18.6 Å². The van der Waals surface area contributed by atoms with E-state index in [4.69, 9.17) is 11.6 Å². The Labute approximate surface area is 129 Å². The topological polar surface area (TPSA) is 61.4 Å². The second-order valence-electron chi connectivity index (χ2n) is 5.15. The molecule has 0 aliphatic carbocycles. The lowest BCUT2D eigenvalue weighted by Gasteiger charge is -2.22. The first-order chi connectivity index (χ1) is 10.1. The van der Waals surface area contributed by atoms with Crippen LogP contribution >= 0.6 is 11.6 Å². The highest BCUT2D eigenvalue weighted by Gasteiger charge is 2.30. The number of halogens is 1. The van der Waals surface area contributed by atoms with Crippen LogP contribution < -0.4 is 10.6 Å². The first kappa shape index (κ1) is 15.8. The number of carbonyl (C=O) groups is 2. The molecule has 1 saturated heterocycles. The number of nitrogens with one attached hydrogen (secondary N) is 2. The molecule has 1 heterocycles. The van der Waals surface area contributed by atoms with Crippen molar-refractivity contribution in [2.75, 3.05) is 20.1 Å². The van der Waals surface area contributed by atoms with Crippen molar-refractivity contribution >= 4 is 23.4 Å². The van der Waals surface area contributed by atoms with Gasteiger partial charge in [-0.05, 0) is 37.1 Å². The molecule has 1 aromatic rings. The van der Waals surface area contributed by atoms with Gasteiger partial charge in [-0.2, -0.15) is 0 Å². The normalized spacial score (nSPS) is 18.5. The van der Waals surface area contributed by atoms with Gasteiger partial charge in [-0.15, -0.1) is 0 Å². The molecule has 21 heavy (non-hydrogen) atoms. The van der Waals surface area contributed by atoms with Crippen molar-refractivity contribution < 1.29 is 9.59 Å². The zero-order valence-corrected chi connectivity index (χ0v) is 12.8. The maximum Gasteiger partial charge on any atom is 0.237 e. The molecular formula is C15H20ClN3O2. The highest BCUT2D eigenvalue weighted by Crippen LogP contribution is 2.16. The summed E-state index contributed by atoms with van der Waals surface area (Å²) in [5, 5.41) is 6.16. The summed E-state index contributed by atoms with van der Waals surface area (Å²) in [6.07, 6.45) is 1.75. The Morgan fingerprint density at radius 2 is 2.24 bits per heavy atom. The third-order valence-corrected chi connectivity index (χ3v) is 3.87. The monoisotopic (exact) mass is 309 g/mol. The van der Waals surface area contributed by atoms with E-state index in [1.807, 2.05) is 23.1 Å². The Kier molecular flexibility index (Phi) is 5.59. The number of hydrogen-bond donors (Lipinski definition) is 2. The van der Waals surface area contributed by atoms with E-state index >= 15 is 0 Å². The van der Waals surface area contributed by atoms with Crippen LogP contribution in [0.15, 0.2) is 24.3 Å². The lowest BCUT2D eigenvalue weighted by molar-refractivity contribution is -0.127. The summed E-state index contributed by atoms with van der Waals surface area (Å²) in [5.74, 6) is -0.0964. The van der Waals surface area contributed by atoms with Gasteiger partial charge < -0.3 is 10.6 Å². The molecule has 0 aromatic heterocycles. The summed E-state index contributed by atoms with van der Waals surface area (Å²) in [4.78, 5) is 25.6. The van der Waals surface area contributed by atoms with Crippen molar-refractivity contribution in [3.63, 3.8) is 0 Å². The fourth-order valence-corrected chi connectivity index (χ4v) is 2.78. The lowest BCUT2D eigenvalue weighted by Crippen LogP contribution is -2.46. The van der Waals surface area contributed by atoms with Gasteiger partial charge in [-0.1, -0.05) is 23.7 Å². The molecule has 114 valence electrons. The van der Waals surface area contributed by atoms with E-state index in [1.165, 1.54) is 0 Å². The molecule has 1 aliphatic rings. The molecule has 1 aliphatic heterocycles. The van der Waals surface area contributed by atoms with Crippen LogP contribution in [-0.2, 0) is 16.1 Å². The average Bonchev–Trinajstić information content (AvgIpc) is 2.92. The molecule has 0 saturated carbocycles. The fraction of sp³-hybridized carbons (Fsp3) is 0.467. The lowest BCUT2D eigenvalue weighted by atomic mass is 10.2. The Hall–Kier alpha value is -1.59. The molecule has 0 spiro atoms. The number of benzene rings is 1. The van der Waals surface area contributed by atoms with E-state index in [-0.39, 0.29) is 24.4 Å². The van der Waals surface area contributed by atoms with Gasteiger partial charge in [-0.3, -0.25) is 14.5 Å². The van der Waals surface area contributed by atoms with Gasteiger partial charge in [0.25, 0.3) is 0 Å². The van der Waals surface area contributed by atoms with E-state index in [0.717, 1.165) is 24.9 Å². The molecule has 0 bridgehead atoms. The van der Waals surface area contributed by atoms with Gasteiger partial charge in [-0.25, -0.2) is 0 Å². The quantitative estimate of drug-likeness (QED) is 0.858. The molecule has 0 radical (unpaired) electrons. The predicted molar refractivity (Wildman–Crippen MR) is 82.0 cm³/mol. The second kappa shape index (κ2) is 7.43. The Balaban J connectivity index is 1.83. The molecule has 1 fully saturated rings. The third kappa shape index (κ3) is 4.44. The van der Waals surface area contributed by atoms with E-state index in [0.29, 0.717) is 11.6 Å². The summed E-state index contributed by atoms with van der Waals surface area (Å²) >= 11 is 5.90. The number of likely N-dealkylation sites (tertiary alicyclic amines) is 1. The summed E-state index contributed by atoms with van der Waals surface area (Å²) in [6, 6.07) is 7.20. The van der Waals surface area contributed by atoms with Gasteiger partial charge in [0.2, 0.25) is 11.8 Å². The third-order valence-electron chi connectivity index (χ3n) is 3.64. The average molecular weight is 310 g/mol. The first-order valence-corrected chi connectivity index (χ1v) is 7.44. The van der Waals surface area contributed by atoms with Crippen LogP contribution in [0.4, 0.5) is 0 Å². The number of carbonyl (C=O) groups excluding carboxylic acids is 2. The van der Waals surface area contributed by atoms with Crippen molar-refractivity contribution in [3.8, 4) is 0 Å². The van der Waals surface area contributed by atoms with Crippen molar-refractivity contribution in [1.82, 2.24) is 15.5 Å². The molecule has 6 heteroatoms. The molecule has 1 unspecified atom stereocenters. The Bertz CT molecular complexity index is 521. The van der Waals surface area contributed by atoms with E-state index in [2.05, 4.69) is 10.6 Å². The number of amides is 2. The van der Waals surface area contributed by atoms with Gasteiger partial charge in [0.1, 0.15) is 0 Å². The SMILES string of the molecule is CNC(=O)C1CCCN1CC(=O)NCc1cccc(Cl)c1. The summed E-state index contributed by atoms with van der Waals surface area (Å²) in [7, 11) is 1.62. The molecular weight excluding hydrogens is 290 g/mol. The first-order valence-electron chi connectivity index (χ1n) is 7.07. The molecule has 2 rings (SSSR count). The molecule has 5 nitrogen and oxygen atoms in total. The van der Waals surface area contributed by atoms with Crippen LogP contribution in [-0.4, -0.2) is 42.9 Å². The largest absolute Gasteiger partial charge is 0.358 e. The van der Waals surface area contributed by atoms with Crippen molar-refractivity contribution in [1.29, 1.82) is 0 Å². The number of likely N-dealkylation sites (N-methyl/N-ethyl adjacent to an activating group) is 1. The molecule has 2 N–H and O–H groups in total. The highest BCUT2D eigenvalue weighted by molar-refractivity contribution is 6.30. The molecule has 1 atom stereocenters. The summed E-state index contributed by atoms with van der Waals surface area (Å²) < 4.78 is 0. The maximum atomic E-state index is 12.0.